The minimum atomic E-state index is -3.51. The van der Waals surface area contributed by atoms with Gasteiger partial charge in [0.2, 0.25) is 4.34 Å². The maximum atomic E-state index is 12.9. The zero-order chi connectivity index (χ0) is 21.0. The minimum absolute atomic E-state index is 0.0172. The van der Waals surface area contributed by atoms with Crippen LogP contribution in [0.1, 0.15) is 66.9 Å². The van der Waals surface area contributed by atoms with Gasteiger partial charge in [0.25, 0.3) is 0 Å². The summed E-state index contributed by atoms with van der Waals surface area (Å²) >= 11 is 0.990. The van der Waals surface area contributed by atoms with Crippen LogP contribution in [-0.2, 0) is 34.8 Å². The van der Waals surface area contributed by atoms with E-state index in [-0.39, 0.29) is 4.34 Å². The van der Waals surface area contributed by atoms with Gasteiger partial charge in [-0.1, -0.05) is 6.92 Å². The van der Waals surface area contributed by atoms with E-state index in [1.165, 1.54) is 6.20 Å². The van der Waals surface area contributed by atoms with Crippen molar-refractivity contribution in [2.24, 2.45) is 9.50 Å². The van der Waals surface area contributed by atoms with Crippen LogP contribution in [0.4, 0.5) is 10.5 Å². The number of amides is 2. The summed E-state index contributed by atoms with van der Waals surface area (Å²) in [6, 6.07) is -0.750. The number of aliphatic hydroxyl groups is 1. The van der Waals surface area contributed by atoms with E-state index in [4.69, 9.17) is 10.1 Å². The fourth-order valence-corrected chi connectivity index (χ4v) is 6.00. The van der Waals surface area contributed by atoms with Crippen LogP contribution >= 0.6 is 11.3 Å². The second-order valence-electron chi connectivity index (χ2n) is 8.21. The molecular weight excluding hydrogens is 410 g/mol. The largest absolute Gasteiger partial charge is 0.385 e. The first-order valence-electron chi connectivity index (χ1n) is 9.65. The predicted octanol–water partition coefficient (Wildman–Crippen LogP) is 3.24. The number of rotatable bonds is 3. The monoisotopic (exact) mass is 435 g/mol. The molecule has 2 amide bonds. The Bertz CT molecular complexity index is 1110. The van der Waals surface area contributed by atoms with Crippen LogP contribution < -0.4 is 10.5 Å². The summed E-state index contributed by atoms with van der Waals surface area (Å²) in [6.07, 6.45) is 6.03. The molecule has 1 unspecified atom stereocenters. The van der Waals surface area contributed by atoms with E-state index in [1.807, 2.05) is 0 Å². The van der Waals surface area contributed by atoms with Gasteiger partial charge in [-0.05, 0) is 63.0 Å². The highest BCUT2D eigenvalue weighted by atomic mass is 32.2. The van der Waals surface area contributed by atoms with Gasteiger partial charge in [-0.2, -0.15) is 0 Å². The number of aromatic nitrogens is 2. The van der Waals surface area contributed by atoms with Gasteiger partial charge in [-0.3, -0.25) is 4.98 Å². The smallest absolute Gasteiger partial charge is 0.354 e. The first kappa shape index (κ1) is 20.4. The van der Waals surface area contributed by atoms with Crippen molar-refractivity contribution in [3.05, 3.63) is 33.6 Å². The molecule has 2 aliphatic carbocycles. The third-order valence-electron chi connectivity index (χ3n) is 5.44. The van der Waals surface area contributed by atoms with Crippen molar-refractivity contribution in [3.63, 3.8) is 0 Å². The lowest BCUT2D eigenvalue weighted by molar-refractivity contribution is 0.0823. The number of carbonyl (C=O) groups excluding carboxylic acids is 1. The van der Waals surface area contributed by atoms with Crippen molar-refractivity contribution in [1.29, 1.82) is 0 Å². The van der Waals surface area contributed by atoms with Gasteiger partial charge < -0.3 is 10.4 Å². The van der Waals surface area contributed by atoms with Crippen LogP contribution in [0, 0.1) is 0 Å². The van der Waals surface area contributed by atoms with Crippen molar-refractivity contribution in [2.45, 2.75) is 68.7 Å². The van der Waals surface area contributed by atoms with E-state index < -0.39 is 21.5 Å². The normalized spacial score (nSPS) is 20.1. The van der Waals surface area contributed by atoms with Gasteiger partial charge in [0, 0.05) is 17.6 Å². The third-order valence-corrected chi connectivity index (χ3v) is 8.55. The van der Waals surface area contributed by atoms with Gasteiger partial charge in [-0.15, -0.1) is 15.7 Å². The van der Waals surface area contributed by atoms with Crippen LogP contribution in [0.15, 0.2) is 14.9 Å². The second kappa shape index (κ2) is 7.12. The molecule has 0 fully saturated rings. The summed E-state index contributed by atoms with van der Waals surface area (Å²) in [5.74, 6) is 0.359. The Morgan fingerprint density at radius 3 is 2.83 bits per heavy atom. The first-order valence-corrected chi connectivity index (χ1v) is 12.0. The summed E-state index contributed by atoms with van der Waals surface area (Å²) in [5, 5.41) is 18.8. The number of nitrogens with zero attached hydrogens (tertiary/aromatic N) is 3. The highest BCUT2D eigenvalue weighted by Gasteiger charge is 2.30. The lowest BCUT2D eigenvalue weighted by Gasteiger charge is -2.15. The maximum absolute atomic E-state index is 12.9. The van der Waals surface area contributed by atoms with Crippen molar-refractivity contribution < 1.29 is 14.1 Å². The third kappa shape index (κ3) is 3.81. The Morgan fingerprint density at radius 2 is 2.14 bits per heavy atom. The molecule has 0 radical (unpaired) electrons. The van der Waals surface area contributed by atoms with Gasteiger partial charge in [0.05, 0.1) is 16.2 Å². The average Bonchev–Trinajstić information content (AvgIpc) is 3.33. The molecule has 2 atom stereocenters. The van der Waals surface area contributed by atoms with Crippen LogP contribution in [0.5, 0.6) is 0 Å². The van der Waals surface area contributed by atoms with Gasteiger partial charge >= 0.3 is 6.03 Å². The molecule has 2 aromatic heterocycles. The molecule has 0 spiro atoms. The minimum Gasteiger partial charge on any atom is -0.385 e. The average molecular weight is 436 g/mol. The van der Waals surface area contributed by atoms with Crippen LogP contribution in [0.3, 0.4) is 0 Å². The fraction of sp³-hybridized carbons (Fsp3) is 0.526. The van der Waals surface area contributed by atoms with Gasteiger partial charge in [0.1, 0.15) is 0 Å². The molecule has 29 heavy (non-hydrogen) atoms. The Balaban J connectivity index is 1.66. The van der Waals surface area contributed by atoms with Crippen LogP contribution in [-0.4, -0.2) is 25.3 Å². The Morgan fingerprint density at radius 1 is 1.38 bits per heavy atom. The molecule has 2 aromatic rings. The number of nitrogens with one attached hydrogen (secondary N) is 1. The maximum Gasteiger partial charge on any atom is 0.354 e. The molecule has 0 aliphatic heterocycles. The van der Waals surface area contributed by atoms with E-state index in [2.05, 4.69) is 21.6 Å². The number of pyridine rings is 1. The number of aryl methyl sites for hydroxylation is 1. The molecule has 4 rings (SSSR count). The number of fused-ring (bicyclic) bond motifs is 2. The number of carbonyl (C=O) groups is 1. The number of urea groups is 1. The Labute approximate surface area is 174 Å². The molecule has 10 heteroatoms. The molecule has 156 valence electrons. The van der Waals surface area contributed by atoms with Gasteiger partial charge in [-0.25, -0.2) is 19.1 Å². The van der Waals surface area contributed by atoms with Crippen molar-refractivity contribution in [3.8, 4) is 0 Å². The van der Waals surface area contributed by atoms with Crippen LogP contribution in [0.25, 0.3) is 0 Å². The quantitative estimate of drug-likeness (QED) is 0.681. The van der Waals surface area contributed by atoms with E-state index in [9.17, 15) is 14.1 Å². The summed E-state index contributed by atoms with van der Waals surface area (Å²) in [5.41, 5.74) is 3.84. The molecule has 0 saturated carbocycles. The van der Waals surface area contributed by atoms with E-state index >= 15 is 0 Å². The van der Waals surface area contributed by atoms with E-state index in [1.54, 1.807) is 13.8 Å². The molecule has 2 heterocycles. The molecule has 4 N–H and O–H groups in total. The first-order chi connectivity index (χ1) is 13.6. The molecule has 0 aromatic carbocycles. The van der Waals surface area contributed by atoms with Crippen molar-refractivity contribution in [2.75, 3.05) is 5.32 Å². The fourth-order valence-electron chi connectivity index (χ4n) is 3.92. The van der Waals surface area contributed by atoms with E-state index in [0.717, 1.165) is 71.6 Å². The number of thiazole rings is 1. The summed E-state index contributed by atoms with van der Waals surface area (Å²) in [6.45, 7) is 5.33. The Kier molecular flexibility index (Phi) is 5.01. The summed E-state index contributed by atoms with van der Waals surface area (Å²) in [4.78, 5) is 22.0. The SMILES string of the molecule is C[C@H]1CCc2c1nc1c(c2NC(=O)N=S(N)(=O)c2ncc(C(C)(C)O)s2)CCC1. The second-order valence-corrected chi connectivity index (χ2v) is 11.2. The lowest BCUT2D eigenvalue weighted by Crippen LogP contribution is -2.19. The zero-order valence-electron chi connectivity index (χ0n) is 16.7. The topological polar surface area (TPSA) is 131 Å². The van der Waals surface area contributed by atoms with Crippen molar-refractivity contribution in [1.82, 2.24) is 9.97 Å². The number of nitrogens with two attached hydrogens (primary N) is 1. The Hall–Kier alpha value is -1.88. The molecule has 2 aliphatic rings. The van der Waals surface area contributed by atoms with Crippen LogP contribution in [0.2, 0.25) is 0 Å². The van der Waals surface area contributed by atoms with Crippen molar-refractivity contribution >= 4 is 33.0 Å². The highest BCUT2D eigenvalue weighted by Crippen LogP contribution is 2.41. The number of hydrogen-bond donors (Lipinski definition) is 3. The standard InChI is InChI=1S/C19H25N5O3S2/c1-10-7-8-12-15(10)22-13-6-4-5-11(13)16(12)23-17(25)24-29(20,27)18-21-9-14(28-18)19(2,3)26/h9-10,26H,4-8H2,1-3H3,(H3,20,22,23,24,25,27)/t10-,29?/m0/s1. The molecule has 0 saturated heterocycles. The molecular formula is C19H25N5O3S2. The summed E-state index contributed by atoms with van der Waals surface area (Å²) in [7, 11) is -3.51. The number of hydrogen-bond acceptors (Lipinski definition) is 6. The zero-order valence-corrected chi connectivity index (χ0v) is 18.3. The van der Waals surface area contributed by atoms with Gasteiger partial charge in [0.15, 0.2) is 9.92 Å². The predicted molar refractivity (Wildman–Crippen MR) is 112 cm³/mol. The summed E-state index contributed by atoms with van der Waals surface area (Å²) < 4.78 is 16.6. The molecule has 0 bridgehead atoms. The number of anilines is 1. The molecule has 8 nitrogen and oxygen atoms in total. The van der Waals surface area contributed by atoms with E-state index in [0.29, 0.717) is 10.8 Å². The lowest BCUT2D eigenvalue weighted by atomic mass is 10.0. The highest BCUT2D eigenvalue weighted by molar-refractivity contribution is 7.93.